The highest BCUT2D eigenvalue weighted by Crippen LogP contribution is 2.15. The first-order chi connectivity index (χ1) is 7.99. The van der Waals surface area contributed by atoms with Crippen LogP contribution in [-0.4, -0.2) is 27.8 Å². The lowest BCUT2D eigenvalue weighted by molar-refractivity contribution is 0.0647. The number of sulfonamides is 1. The summed E-state index contributed by atoms with van der Waals surface area (Å²) in [5.74, 6) is 0. The van der Waals surface area contributed by atoms with Gasteiger partial charge in [-0.2, -0.15) is 0 Å². The highest BCUT2D eigenvalue weighted by molar-refractivity contribution is 7.88. The molecule has 0 saturated heterocycles. The molecule has 0 aromatic heterocycles. The van der Waals surface area contributed by atoms with Crippen molar-refractivity contribution in [2.45, 2.75) is 19.4 Å². The maximum atomic E-state index is 10.8. The molecule has 0 unspecified atom stereocenters. The van der Waals surface area contributed by atoms with Crippen molar-refractivity contribution in [1.29, 1.82) is 0 Å². The van der Waals surface area contributed by atoms with Crippen LogP contribution < -0.4 is 4.72 Å². The number of hydrogen-bond acceptors (Lipinski definition) is 3. The van der Waals surface area contributed by atoms with Gasteiger partial charge in [-0.05, 0) is 18.9 Å². The zero-order chi connectivity index (χ0) is 12.7. The summed E-state index contributed by atoms with van der Waals surface area (Å²) >= 11 is 0. The number of nitrogens with one attached hydrogen (secondary N) is 1. The quantitative estimate of drug-likeness (QED) is 0.756. The molecule has 1 atom stereocenters. The van der Waals surface area contributed by atoms with E-state index in [0.29, 0.717) is 19.6 Å². The summed E-state index contributed by atoms with van der Waals surface area (Å²) in [4.78, 5) is 0. The van der Waals surface area contributed by atoms with E-state index in [0.717, 1.165) is 11.8 Å². The van der Waals surface area contributed by atoms with Crippen molar-refractivity contribution < 1.29 is 13.2 Å². The summed E-state index contributed by atoms with van der Waals surface area (Å²) in [7, 11) is -3.08. The minimum atomic E-state index is -3.08. The van der Waals surface area contributed by atoms with Gasteiger partial charge in [-0.1, -0.05) is 30.3 Å². The molecule has 96 valence electrons. The molecule has 1 N–H and O–H groups in total. The first-order valence-electron chi connectivity index (χ1n) is 5.60. The Kier molecular flexibility index (Phi) is 5.61. The molecule has 0 amide bonds. The van der Waals surface area contributed by atoms with Crippen molar-refractivity contribution in [3.63, 3.8) is 0 Å². The van der Waals surface area contributed by atoms with Gasteiger partial charge in [-0.25, -0.2) is 13.1 Å². The largest absolute Gasteiger partial charge is 0.374 e. The number of ether oxygens (including phenoxy) is 1. The van der Waals surface area contributed by atoms with Gasteiger partial charge >= 0.3 is 0 Å². The Labute approximate surface area is 103 Å². The van der Waals surface area contributed by atoms with E-state index < -0.39 is 10.0 Å². The van der Waals surface area contributed by atoms with Crippen LogP contribution in [0.1, 0.15) is 25.0 Å². The van der Waals surface area contributed by atoms with Gasteiger partial charge in [-0.3, -0.25) is 0 Å². The van der Waals surface area contributed by atoms with Crippen LogP contribution in [0.2, 0.25) is 0 Å². The van der Waals surface area contributed by atoms with E-state index in [2.05, 4.69) is 4.72 Å². The van der Waals surface area contributed by atoms with Gasteiger partial charge < -0.3 is 4.74 Å². The zero-order valence-electron chi connectivity index (χ0n) is 10.2. The summed E-state index contributed by atoms with van der Waals surface area (Å²) in [6.07, 6.45) is 1.86. The molecule has 0 heterocycles. The summed E-state index contributed by atoms with van der Waals surface area (Å²) in [6, 6.07) is 9.94. The van der Waals surface area contributed by atoms with Gasteiger partial charge in [0.2, 0.25) is 10.0 Å². The van der Waals surface area contributed by atoms with E-state index in [1.54, 1.807) is 0 Å². The maximum absolute atomic E-state index is 10.8. The third kappa shape index (κ3) is 6.41. The Bertz CT molecular complexity index is 417. The van der Waals surface area contributed by atoms with Gasteiger partial charge in [0, 0.05) is 13.2 Å². The minimum absolute atomic E-state index is 0.0365. The van der Waals surface area contributed by atoms with Crippen LogP contribution in [-0.2, 0) is 14.8 Å². The van der Waals surface area contributed by atoms with Crippen molar-refractivity contribution >= 4 is 10.0 Å². The van der Waals surface area contributed by atoms with Gasteiger partial charge in [0.15, 0.2) is 0 Å². The lowest BCUT2D eigenvalue weighted by Crippen LogP contribution is -2.24. The van der Waals surface area contributed by atoms with Crippen LogP contribution in [0, 0.1) is 0 Å². The highest BCUT2D eigenvalue weighted by Gasteiger charge is 2.04. The SMILES string of the molecule is C[C@@H](OCCCNS(C)(=O)=O)c1ccccc1. The summed E-state index contributed by atoms with van der Waals surface area (Å²) in [5.41, 5.74) is 1.13. The molecule has 5 heteroatoms. The number of rotatable bonds is 7. The van der Waals surface area contributed by atoms with Crippen LogP contribution in [0.15, 0.2) is 30.3 Å². The molecule has 17 heavy (non-hydrogen) atoms. The summed E-state index contributed by atoms with van der Waals surface area (Å²) in [6.45, 7) is 2.94. The van der Waals surface area contributed by atoms with E-state index in [1.165, 1.54) is 0 Å². The van der Waals surface area contributed by atoms with Gasteiger partial charge in [0.25, 0.3) is 0 Å². The first kappa shape index (κ1) is 14.2. The minimum Gasteiger partial charge on any atom is -0.374 e. The summed E-state index contributed by atoms with van der Waals surface area (Å²) in [5, 5.41) is 0. The predicted molar refractivity (Wildman–Crippen MR) is 68.3 cm³/mol. The molecule has 1 rings (SSSR count). The molecule has 0 spiro atoms. The fourth-order valence-corrected chi connectivity index (χ4v) is 1.93. The van der Waals surface area contributed by atoms with Crippen LogP contribution >= 0.6 is 0 Å². The molecular formula is C12H19NO3S. The Morgan fingerprint density at radius 1 is 1.29 bits per heavy atom. The van der Waals surface area contributed by atoms with Crippen LogP contribution in [0.3, 0.4) is 0 Å². The molecule has 0 fully saturated rings. The molecular weight excluding hydrogens is 238 g/mol. The average molecular weight is 257 g/mol. The molecule has 0 aliphatic carbocycles. The highest BCUT2D eigenvalue weighted by atomic mass is 32.2. The van der Waals surface area contributed by atoms with Crippen LogP contribution in [0.25, 0.3) is 0 Å². The van der Waals surface area contributed by atoms with E-state index in [4.69, 9.17) is 4.74 Å². The average Bonchev–Trinajstić information content (AvgIpc) is 2.28. The molecule has 0 saturated carbocycles. The van der Waals surface area contributed by atoms with Crippen molar-refractivity contribution in [3.05, 3.63) is 35.9 Å². The van der Waals surface area contributed by atoms with Gasteiger partial charge in [0.05, 0.1) is 12.4 Å². The van der Waals surface area contributed by atoms with E-state index in [1.807, 2.05) is 37.3 Å². The molecule has 0 radical (unpaired) electrons. The van der Waals surface area contributed by atoms with Crippen molar-refractivity contribution in [3.8, 4) is 0 Å². The molecule has 1 aromatic carbocycles. The Morgan fingerprint density at radius 2 is 1.94 bits per heavy atom. The molecule has 0 aliphatic rings. The van der Waals surface area contributed by atoms with E-state index >= 15 is 0 Å². The normalized spacial score (nSPS) is 13.5. The number of hydrogen-bond donors (Lipinski definition) is 1. The van der Waals surface area contributed by atoms with Gasteiger partial charge in [-0.15, -0.1) is 0 Å². The Morgan fingerprint density at radius 3 is 2.53 bits per heavy atom. The molecule has 4 nitrogen and oxygen atoms in total. The third-order valence-corrected chi connectivity index (χ3v) is 3.05. The zero-order valence-corrected chi connectivity index (χ0v) is 11.0. The monoisotopic (exact) mass is 257 g/mol. The van der Waals surface area contributed by atoms with E-state index in [-0.39, 0.29) is 6.10 Å². The van der Waals surface area contributed by atoms with Crippen LogP contribution in [0.4, 0.5) is 0 Å². The second-order valence-electron chi connectivity index (χ2n) is 3.94. The Hall–Kier alpha value is -0.910. The van der Waals surface area contributed by atoms with Gasteiger partial charge in [0.1, 0.15) is 0 Å². The second-order valence-corrected chi connectivity index (χ2v) is 5.78. The smallest absolute Gasteiger partial charge is 0.208 e. The fraction of sp³-hybridized carbons (Fsp3) is 0.500. The fourth-order valence-electron chi connectivity index (χ4n) is 1.41. The summed E-state index contributed by atoms with van der Waals surface area (Å²) < 4.78 is 29.6. The molecule has 0 aliphatic heterocycles. The Balaban J connectivity index is 2.19. The predicted octanol–water partition coefficient (Wildman–Crippen LogP) is 1.70. The lowest BCUT2D eigenvalue weighted by Gasteiger charge is -2.13. The number of benzene rings is 1. The molecule has 0 bridgehead atoms. The lowest BCUT2D eigenvalue weighted by atomic mass is 10.1. The van der Waals surface area contributed by atoms with Crippen LogP contribution in [0.5, 0.6) is 0 Å². The van der Waals surface area contributed by atoms with E-state index in [9.17, 15) is 8.42 Å². The standard InChI is InChI=1S/C12H19NO3S/c1-11(12-7-4-3-5-8-12)16-10-6-9-13-17(2,14)15/h3-5,7-8,11,13H,6,9-10H2,1-2H3/t11-/m1/s1. The topological polar surface area (TPSA) is 55.4 Å². The first-order valence-corrected chi connectivity index (χ1v) is 7.49. The van der Waals surface area contributed by atoms with Crippen molar-refractivity contribution in [2.75, 3.05) is 19.4 Å². The van der Waals surface area contributed by atoms with Crippen molar-refractivity contribution in [2.24, 2.45) is 0 Å². The third-order valence-electron chi connectivity index (χ3n) is 2.32. The molecule has 1 aromatic rings. The van der Waals surface area contributed by atoms with Crippen molar-refractivity contribution in [1.82, 2.24) is 4.72 Å². The maximum Gasteiger partial charge on any atom is 0.208 e. The second kappa shape index (κ2) is 6.74.